The van der Waals surface area contributed by atoms with E-state index < -0.39 is 0 Å². The topological polar surface area (TPSA) is 73.8 Å². The Labute approximate surface area is 183 Å². The van der Waals surface area contributed by atoms with E-state index in [1.165, 1.54) is 18.5 Å². The number of carbonyl (C=O) groups is 1. The Kier molecular flexibility index (Phi) is 5.63. The molecule has 0 spiro atoms. The highest BCUT2D eigenvalue weighted by molar-refractivity contribution is 5.97. The molecule has 2 fully saturated rings. The smallest absolute Gasteiger partial charge is 0.229 e. The van der Waals surface area contributed by atoms with Crippen molar-refractivity contribution in [3.8, 4) is 0 Å². The molecule has 164 valence electrons. The van der Waals surface area contributed by atoms with Crippen LogP contribution in [-0.2, 0) is 9.53 Å². The molecule has 3 heterocycles. The van der Waals surface area contributed by atoms with Gasteiger partial charge in [0.25, 0.3) is 0 Å². The molecule has 3 aliphatic rings. The fourth-order valence-electron chi connectivity index (χ4n) is 4.78. The zero-order chi connectivity index (χ0) is 21.2. The number of ether oxygens (including phenoxy) is 1. The Morgan fingerprint density at radius 1 is 1.06 bits per heavy atom. The number of nitrogens with zero attached hydrogens (tertiary/aromatic N) is 5. The quantitative estimate of drug-likeness (QED) is 0.811. The van der Waals surface area contributed by atoms with E-state index in [1.807, 2.05) is 7.05 Å². The van der Waals surface area contributed by atoms with Gasteiger partial charge in [-0.1, -0.05) is 12.8 Å². The summed E-state index contributed by atoms with van der Waals surface area (Å²) in [5.74, 6) is 1.54. The summed E-state index contributed by atoms with van der Waals surface area (Å²) in [6.45, 7) is 4.11. The summed E-state index contributed by atoms with van der Waals surface area (Å²) >= 11 is 0. The van der Waals surface area contributed by atoms with Gasteiger partial charge in [-0.2, -0.15) is 4.98 Å². The Balaban J connectivity index is 1.38. The molecular weight excluding hydrogens is 392 g/mol. The number of hydrogen-bond acceptors (Lipinski definition) is 7. The first-order valence-electron chi connectivity index (χ1n) is 11.3. The van der Waals surface area contributed by atoms with Gasteiger partial charge in [0.2, 0.25) is 11.9 Å². The van der Waals surface area contributed by atoms with Gasteiger partial charge in [-0.3, -0.25) is 4.79 Å². The molecule has 1 amide bonds. The molecule has 0 unspecified atom stereocenters. The Hall–Kier alpha value is -2.87. The predicted molar refractivity (Wildman–Crippen MR) is 122 cm³/mol. The highest BCUT2D eigenvalue weighted by Crippen LogP contribution is 2.36. The van der Waals surface area contributed by atoms with Gasteiger partial charge < -0.3 is 24.8 Å². The molecule has 1 aromatic carbocycles. The van der Waals surface area contributed by atoms with Crippen molar-refractivity contribution in [2.24, 2.45) is 0 Å². The number of nitrogens with one attached hydrogen (secondary N) is 1. The molecule has 2 aliphatic heterocycles. The van der Waals surface area contributed by atoms with Crippen molar-refractivity contribution < 1.29 is 9.53 Å². The lowest BCUT2D eigenvalue weighted by atomic mass is 10.2. The minimum atomic E-state index is 0.116. The van der Waals surface area contributed by atoms with Crippen LogP contribution in [0.5, 0.6) is 0 Å². The maximum Gasteiger partial charge on any atom is 0.229 e. The molecule has 8 nitrogen and oxygen atoms in total. The van der Waals surface area contributed by atoms with Crippen LogP contribution in [0, 0.1) is 0 Å². The number of rotatable bonds is 4. The second-order valence-electron chi connectivity index (χ2n) is 8.51. The van der Waals surface area contributed by atoms with E-state index in [0.717, 1.165) is 56.3 Å². The molecule has 1 aromatic heterocycles. The molecule has 1 N–H and O–H groups in total. The molecule has 8 heteroatoms. The normalized spacial score (nSPS) is 20.0. The van der Waals surface area contributed by atoms with E-state index in [2.05, 4.69) is 44.4 Å². The minimum Gasteiger partial charge on any atom is -0.378 e. The van der Waals surface area contributed by atoms with E-state index in [1.54, 1.807) is 11.1 Å². The Morgan fingerprint density at radius 2 is 1.81 bits per heavy atom. The van der Waals surface area contributed by atoms with Crippen molar-refractivity contribution in [3.63, 3.8) is 0 Å². The lowest BCUT2D eigenvalue weighted by Crippen LogP contribution is -2.36. The Morgan fingerprint density at radius 3 is 2.55 bits per heavy atom. The molecule has 0 atom stereocenters. The molecule has 1 saturated carbocycles. The van der Waals surface area contributed by atoms with Crippen molar-refractivity contribution in [1.82, 2.24) is 9.97 Å². The molecule has 0 bridgehead atoms. The van der Waals surface area contributed by atoms with Gasteiger partial charge in [-0.15, -0.1) is 0 Å². The average molecular weight is 423 g/mol. The van der Waals surface area contributed by atoms with Crippen LogP contribution in [0.3, 0.4) is 0 Å². The first kappa shape index (κ1) is 20.1. The molecule has 1 aliphatic carbocycles. The SMILES string of the molecule is CN1C(=O)CCN(C2CCCC2)c2nc(Nc3ccc(N4CCOCC4)cc3)ncc21. The average Bonchev–Trinajstić information content (AvgIpc) is 3.31. The molecule has 31 heavy (non-hydrogen) atoms. The molecular formula is C23H30N6O2. The van der Waals surface area contributed by atoms with Crippen LogP contribution in [0.1, 0.15) is 32.1 Å². The maximum atomic E-state index is 12.5. The van der Waals surface area contributed by atoms with Crippen LogP contribution in [0.4, 0.5) is 28.8 Å². The largest absolute Gasteiger partial charge is 0.378 e. The Bertz CT molecular complexity index is 922. The summed E-state index contributed by atoms with van der Waals surface area (Å²) in [7, 11) is 1.82. The summed E-state index contributed by atoms with van der Waals surface area (Å²) in [5, 5.41) is 3.35. The van der Waals surface area contributed by atoms with Gasteiger partial charge in [-0.05, 0) is 37.1 Å². The summed E-state index contributed by atoms with van der Waals surface area (Å²) in [4.78, 5) is 28.2. The van der Waals surface area contributed by atoms with Gasteiger partial charge >= 0.3 is 0 Å². The monoisotopic (exact) mass is 422 g/mol. The molecule has 5 rings (SSSR count). The van der Waals surface area contributed by atoms with Crippen LogP contribution in [-0.4, -0.2) is 61.8 Å². The van der Waals surface area contributed by atoms with Gasteiger partial charge in [0.05, 0.1) is 19.4 Å². The van der Waals surface area contributed by atoms with Crippen LogP contribution in [0.15, 0.2) is 30.5 Å². The zero-order valence-electron chi connectivity index (χ0n) is 18.1. The van der Waals surface area contributed by atoms with Crippen molar-refractivity contribution in [1.29, 1.82) is 0 Å². The van der Waals surface area contributed by atoms with Gasteiger partial charge in [0.1, 0.15) is 5.69 Å². The second kappa shape index (κ2) is 8.70. The van der Waals surface area contributed by atoms with Gasteiger partial charge in [-0.25, -0.2) is 4.98 Å². The fraction of sp³-hybridized carbons (Fsp3) is 0.522. The number of benzene rings is 1. The number of morpholine rings is 1. The first-order valence-corrected chi connectivity index (χ1v) is 11.3. The van der Waals surface area contributed by atoms with Crippen molar-refractivity contribution >= 4 is 34.7 Å². The van der Waals surface area contributed by atoms with Crippen LogP contribution < -0.4 is 20.0 Å². The molecule has 2 aromatic rings. The highest BCUT2D eigenvalue weighted by atomic mass is 16.5. The number of amides is 1. The maximum absolute atomic E-state index is 12.5. The third-order valence-electron chi connectivity index (χ3n) is 6.59. The van der Waals surface area contributed by atoms with Crippen molar-refractivity contribution in [3.05, 3.63) is 30.5 Å². The van der Waals surface area contributed by atoms with E-state index in [4.69, 9.17) is 9.72 Å². The summed E-state index contributed by atoms with van der Waals surface area (Å²) in [6.07, 6.45) is 7.09. The van der Waals surface area contributed by atoms with Crippen LogP contribution in [0.2, 0.25) is 0 Å². The second-order valence-corrected chi connectivity index (χ2v) is 8.51. The highest BCUT2D eigenvalue weighted by Gasteiger charge is 2.31. The third kappa shape index (κ3) is 4.17. The summed E-state index contributed by atoms with van der Waals surface area (Å²) < 4.78 is 5.44. The number of hydrogen-bond donors (Lipinski definition) is 1. The summed E-state index contributed by atoms with van der Waals surface area (Å²) in [5.41, 5.74) is 2.94. The first-order chi connectivity index (χ1) is 15.2. The zero-order valence-corrected chi connectivity index (χ0v) is 18.1. The van der Waals surface area contributed by atoms with E-state index in [0.29, 0.717) is 25.0 Å². The third-order valence-corrected chi connectivity index (χ3v) is 6.59. The molecule has 1 saturated heterocycles. The summed E-state index contributed by atoms with van der Waals surface area (Å²) in [6, 6.07) is 8.81. The lowest BCUT2D eigenvalue weighted by Gasteiger charge is -2.30. The van der Waals surface area contributed by atoms with Crippen molar-refractivity contribution in [2.45, 2.75) is 38.1 Å². The van der Waals surface area contributed by atoms with Gasteiger partial charge in [0, 0.05) is 50.5 Å². The van der Waals surface area contributed by atoms with E-state index >= 15 is 0 Å². The van der Waals surface area contributed by atoms with E-state index in [9.17, 15) is 4.79 Å². The fourth-order valence-corrected chi connectivity index (χ4v) is 4.78. The number of anilines is 5. The number of fused-ring (bicyclic) bond motifs is 1. The van der Waals surface area contributed by atoms with Crippen molar-refractivity contribution in [2.75, 3.05) is 59.9 Å². The van der Waals surface area contributed by atoms with E-state index in [-0.39, 0.29) is 5.91 Å². The van der Waals surface area contributed by atoms with Gasteiger partial charge in [0.15, 0.2) is 5.82 Å². The molecule has 0 radical (unpaired) electrons. The standard InChI is InChI=1S/C23H30N6O2/c1-27-20-16-24-23(25-17-6-8-18(9-7-17)28-12-14-31-15-13-28)26-22(20)29(11-10-21(27)30)19-4-2-3-5-19/h6-9,16,19H,2-5,10-15H2,1H3,(H,24,25,26). The van der Waals surface area contributed by atoms with Crippen LogP contribution >= 0.6 is 0 Å². The lowest BCUT2D eigenvalue weighted by molar-refractivity contribution is -0.118. The van der Waals surface area contributed by atoms with Crippen LogP contribution in [0.25, 0.3) is 0 Å². The number of aromatic nitrogens is 2. The number of carbonyl (C=O) groups excluding carboxylic acids is 1. The predicted octanol–water partition coefficient (Wildman–Crippen LogP) is 3.17. The minimum absolute atomic E-state index is 0.116.